The average Bonchev–Trinajstić information content (AvgIpc) is 2.48. The van der Waals surface area contributed by atoms with Gasteiger partial charge in [0.1, 0.15) is 11.3 Å². The Labute approximate surface area is 124 Å². The standard InChI is InChI=1S/C15H21NO5/c1-3-4-5-6-9-21-15(19)16-11-7-8-13(17)12(10-11)14(18)20-2/h7-8,10,17H,3-6,9H2,1-2H3,(H,16,19). The highest BCUT2D eigenvalue weighted by Gasteiger charge is 2.13. The predicted octanol–water partition coefficient (Wildman–Crippen LogP) is 3.31. The number of unbranched alkanes of at least 4 members (excludes halogenated alkanes) is 3. The van der Waals surface area contributed by atoms with Gasteiger partial charge in [-0.15, -0.1) is 0 Å². The first kappa shape index (κ1) is 16.8. The van der Waals surface area contributed by atoms with Crippen LogP contribution in [-0.4, -0.2) is 30.9 Å². The van der Waals surface area contributed by atoms with E-state index in [4.69, 9.17) is 4.74 Å². The minimum absolute atomic E-state index is 0.0155. The summed E-state index contributed by atoms with van der Waals surface area (Å²) in [6.07, 6.45) is 3.49. The third kappa shape index (κ3) is 5.72. The second-order valence-electron chi connectivity index (χ2n) is 4.55. The maximum Gasteiger partial charge on any atom is 0.411 e. The Morgan fingerprint density at radius 3 is 2.67 bits per heavy atom. The highest BCUT2D eigenvalue weighted by Crippen LogP contribution is 2.22. The number of phenols is 1. The molecule has 0 aliphatic carbocycles. The topological polar surface area (TPSA) is 84.9 Å². The number of phenolic OH excluding ortho intramolecular Hbond substituents is 1. The molecule has 1 amide bonds. The molecule has 0 atom stereocenters. The Balaban J connectivity index is 2.51. The molecule has 0 spiro atoms. The number of nitrogens with one attached hydrogen (secondary N) is 1. The van der Waals surface area contributed by atoms with Crippen molar-refractivity contribution in [1.82, 2.24) is 0 Å². The smallest absolute Gasteiger partial charge is 0.411 e. The number of benzene rings is 1. The van der Waals surface area contributed by atoms with Gasteiger partial charge in [0, 0.05) is 5.69 Å². The van der Waals surface area contributed by atoms with E-state index in [-0.39, 0.29) is 11.3 Å². The summed E-state index contributed by atoms with van der Waals surface area (Å²) in [6, 6.07) is 4.11. The van der Waals surface area contributed by atoms with Crippen LogP contribution in [0.25, 0.3) is 0 Å². The molecule has 6 nitrogen and oxygen atoms in total. The van der Waals surface area contributed by atoms with Gasteiger partial charge in [0.05, 0.1) is 13.7 Å². The Kier molecular flexibility index (Phi) is 7.08. The van der Waals surface area contributed by atoms with Crippen molar-refractivity contribution in [1.29, 1.82) is 0 Å². The van der Waals surface area contributed by atoms with Gasteiger partial charge in [-0.2, -0.15) is 0 Å². The lowest BCUT2D eigenvalue weighted by Crippen LogP contribution is -2.15. The van der Waals surface area contributed by atoms with Crippen LogP contribution in [0.2, 0.25) is 0 Å². The van der Waals surface area contributed by atoms with Crippen molar-refractivity contribution in [3.63, 3.8) is 0 Å². The zero-order chi connectivity index (χ0) is 15.7. The van der Waals surface area contributed by atoms with E-state index < -0.39 is 12.1 Å². The zero-order valence-corrected chi connectivity index (χ0v) is 12.3. The molecule has 0 fully saturated rings. The van der Waals surface area contributed by atoms with E-state index in [0.29, 0.717) is 12.3 Å². The number of esters is 1. The number of rotatable bonds is 7. The van der Waals surface area contributed by atoms with Crippen LogP contribution >= 0.6 is 0 Å². The third-order valence-electron chi connectivity index (χ3n) is 2.88. The Bertz CT molecular complexity index is 487. The molecular formula is C15H21NO5. The number of aromatic hydroxyl groups is 1. The largest absolute Gasteiger partial charge is 0.507 e. The van der Waals surface area contributed by atoms with Crippen LogP contribution < -0.4 is 5.32 Å². The van der Waals surface area contributed by atoms with Gasteiger partial charge in [0.2, 0.25) is 0 Å². The van der Waals surface area contributed by atoms with Gasteiger partial charge in [-0.1, -0.05) is 26.2 Å². The second-order valence-corrected chi connectivity index (χ2v) is 4.55. The number of anilines is 1. The molecule has 0 unspecified atom stereocenters. The maximum absolute atomic E-state index is 11.6. The first-order valence-electron chi connectivity index (χ1n) is 6.93. The molecule has 1 aromatic carbocycles. The summed E-state index contributed by atoms with van der Waals surface area (Å²) < 4.78 is 9.56. The number of hydrogen-bond donors (Lipinski definition) is 2. The molecule has 0 aromatic heterocycles. The van der Waals surface area contributed by atoms with Crippen LogP contribution in [0.5, 0.6) is 5.75 Å². The van der Waals surface area contributed by atoms with Crippen molar-refractivity contribution in [2.45, 2.75) is 32.6 Å². The lowest BCUT2D eigenvalue weighted by molar-refractivity contribution is 0.0597. The molecule has 0 saturated heterocycles. The summed E-state index contributed by atoms with van der Waals surface area (Å²) in [5, 5.41) is 12.0. The van der Waals surface area contributed by atoms with Gasteiger partial charge < -0.3 is 14.6 Å². The third-order valence-corrected chi connectivity index (χ3v) is 2.88. The fraction of sp³-hybridized carbons (Fsp3) is 0.467. The van der Waals surface area contributed by atoms with E-state index in [0.717, 1.165) is 25.7 Å². The van der Waals surface area contributed by atoms with Gasteiger partial charge in [-0.25, -0.2) is 9.59 Å². The molecule has 2 N–H and O–H groups in total. The fourth-order valence-electron chi connectivity index (χ4n) is 1.73. The van der Waals surface area contributed by atoms with E-state index in [1.165, 1.54) is 25.3 Å². The molecule has 1 aromatic rings. The van der Waals surface area contributed by atoms with Gasteiger partial charge in [-0.3, -0.25) is 5.32 Å². The summed E-state index contributed by atoms with van der Waals surface area (Å²) in [7, 11) is 1.21. The van der Waals surface area contributed by atoms with Gasteiger partial charge in [0.15, 0.2) is 0 Å². The minimum Gasteiger partial charge on any atom is -0.507 e. The Morgan fingerprint density at radius 2 is 2.00 bits per heavy atom. The maximum atomic E-state index is 11.6. The van der Waals surface area contributed by atoms with Crippen LogP contribution in [0.4, 0.5) is 10.5 Å². The monoisotopic (exact) mass is 295 g/mol. The summed E-state index contributed by atoms with van der Waals surface area (Å²) in [6.45, 7) is 2.46. The van der Waals surface area contributed by atoms with E-state index in [2.05, 4.69) is 17.0 Å². The number of ether oxygens (including phenoxy) is 2. The van der Waals surface area contributed by atoms with Crippen LogP contribution in [0.3, 0.4) is 0 Å². The molecule has 0 radical (unpaired) electrons. The van der Waals surface area contributed by atoms with Crippen molar-refractivity contribution in [2.24, 2.45) is 0 Å². The highest BCUT2D eigenvalue weighted by molar-refractivity contribution is 5.95. The number of methoxy groups -OCH3 is 1. The first-order valence-corrected chi connectivity index (χ1v) is 6.93. The number of carbonyl (C=O) groups excluding carboxylic acids is 2. The number of hydrogen-bond acceptors (Lipinski definition) is 5. The van der Waals surface area contributed by atoms with E-state index in [1.54, 1.807) is 0 Å². The fourth-order valence-corrected chi connectivity index (χ4v) is 1.73. The molecule has 0 aliphatic rings. The van der Waals surface area contributed by atoms with Crippen LogP contribution in [0.15, 0.2) is 18.2 Å². The molecule has 116 valence electrons. The summed E-state index contributed by atoms with van der Waals surface area (Å²) in [5.74, 6) is -0.885. The summed E-state index contributed by atoms with van der Waals surface area (Å²) in [4.78, 5) is 23.0. The quantitative estimate of drug-likeness (QED) is 0.458. The molecule has 0 heterocycles. The zero-order valence-electron chi connectivity index (χ0n) is 12.3. The van der Waals surface area contributed by atoms with E-state index in [9.17, 15) is 14.7 Å². The lowest BCUT2D eigenvalue weighted by atomic mass is 10.2. The molecule has 1 rings (SSSR count). The average molecular weight is 295 g/mol. The SMILES string of the molecule is CCCCCCOC(=O)Nc1ccc(O)c(C(=O)OC)c1. The second kappa shape index (κ2) is 8.84. The van der Waals surface area contributed by atoms with E-state index >= 15 is 0 Å². The summed E-state index contributed by atoms with van der Waals surface area (Å²) in [5.41, 5.74) is 0.338. The molecular weight excluding hydrogens is 274 g/mol. The van der Waals surface area contributed by atoms with Crippen LogP contribution in [-0.2, 0) is 9.47 Å². The van der Waals surface area contributed by atoms with Crippen molar-refractivity contribution >= 4 is 17.7 Å². The van der Waals surface area contributed by atoms with Gasteiger partial charge >= 0.3 is 12.1 Å². The highest BCUT2D eigenvalue weighted by atomic mass is 16.5. The van der Waals surface area contributed by atoms with Crippen molar-refractivity contribution in [2.75, 3.05) is 19.0 Å². The van der Waals surface area contributed by atoms with Crippen molar-refractivity contribution in [3.8, 4) is 5.75 Å². The first-order chi connectivity index (χ1) is 10.1. The lowest BCUT2D eigenvalue weighted by Gasteiger charge is -2.09. The van der Waals surface area contributed by atoms with Crippen molar-refractivity contribution < 1.29 is 24.2 Å². The number of amides is 1. The molecule has 6 heteroatoms. The molecule has 0 bridgehead atoms. The van der Waals surface area contributed by atoms with Crippen LogP contribution in [0, 0.1) is 0 Å². The molecule has 0 aliphatic heterocycles. The van der Waals surface area contributed by atoms with Crippen LogP contribution in [0.1, 0.15) is 43.0 Å². The normalized spacial score (nSPS) is 10.0. The van der Waals surface area contributed by atoms with E-state index in [1.807, 2.05) is 0 Å². The van der Waals surface area contributed by atoms with Gasteiger partial charge in [0.25, 0.3) is 0 Å². The summed E-state index contributed by atoms with van der Waals surface area (Å²) >= 11 is 0. The molecule has 0 saturated carbocycles. The minimum atomic E-state index is -0.677. The Hall–Kier alpha value is -2.24. The van der Waals surface area contributed by atoms with Crippen molar-refractivity contribution in [3.05, 3.63) is 23.8 Å². The number of carbonyl (C=O) groups is 2. The Morgan fingerprint density at radius 1 is 1.24 bits per heavy atom. The predicted molar refractivity (Wildman–Crippen MR) is 78.6 cm³/mol. The molecule has 21 heavy (non-hydrogen) atoms. The van der Waals surface area contributed by atoms with Gasteiger partial charge in [-0.05, 0) is 24.6 Å².